The van der Waals surface area contributed by atoms with Crippen molar-refractivity contribution in [2.24, 2.45) is 0 Å². The summed E-state index contributed by atoms with van der Waals surface area (Å²) in [7, 11) is 5.91. The normalized spacial score (nSPS) is 13.7. The molecule has 0 heterocycles. The number of carboxylic acids is 1. The van der Waals surface area contributed by atoms with Gasteiger partial charge in [-0.2, -0.15) is 0 Å². The SMILES string of the molecule is CC/C=C\C/C=C\C/C=C\C/C=C\C/C=C\C/C=C\C/C=C\CCCCCCCCCCCCCCCCCCCC(=O)OC(COC(=O)CCCCCC/C=C\C/C=C\C/C=C\C/C=C\C/C=C\C/C=C\CC)COC(OCC[N+](C)(C)C)C(=O)[O-]. The number of rotatable bonds is 62. The van der Waals surface area contributed by atoms with Crippen LogP contribution in [-0.2, 0) is 33.3 Å². The number of likely N-dealkylation sites (N-methyl/N-ethyl adjacent to an activating group) is 1. The Bertz CT molecular complexity index is 1990. The van der Waals surface area contributed by atoms with Crippen molar-refractivity contribution < 1.29 is 42.9 Å². The van der Waals surface area contributed by atoms with Crippen LogP contribution in [0, 0.1) is 0 Å². The predicted octanol–water partition coefficient (Wildman–Crippen LogP) is 20.4. The molecule has 0 aromatic heterocycles. The third kappa shape index (κ3) is 68.3. The van der Waals surface area contributed by atoms with Gasteiger partial charge in [-0.25, -0.2) is 0 Å². The van der Waals surface area contributed by atoms with Crippen molar-refractivity contribution >= 4 is 17.9 Å². The molecule has 0 aromatic rings. The van der Waals surface area contributed by atoms with E-state index in [0.29, 0.717) is 23.9 Å². The van der Waals surface area contributed by atoms with E-state index in [1.165, 1.54) is 89.9 Å². The fourth-order valence-electron chi connectivity index (χ4n) is 9.05. The molecule has 0 aliphatic rings. The van der Waals surface area contributed by atoms with Gasteiger partial charge in [-0.05, 0) is 122 Å². The first-order valence-corrected chi connectivity index (χ1v) is 34.6. The second-order valence-corrected chi connectivity index (χ2v) is 23.7. The van der Waals surface area contributed by atoms with Gasteiger partial charge in [0.05, 0.1) is 40.3 Å². The Labute approximate surface area is 534 Å². The molecule has 87 heavy (non-hydrogen) atoms. The summed E-state index contributed by atoms with van der Waals surface area (Å²) in [6.07, 6.45) is 96.1. The number of quaternary nitrogens is 1. The van der Waals surface area contributed by atoms with E-state index >= 15 is 0 Å². The summed E-state index contributed by atoms with van der Waals surface area (Å²) in [5.74, 6) is -2.32. The highest BCUT2D eigenvalue weighted by Crippen LogP contribution is 2.16. The van der Waals surface area contributed by atoms with Crippen LogP contribution >= 0.6 is 0 Å². The van der Waals surface area contributed by atoms with E-state index in [0.717, 1.165) is 128 Å². The molecule has 0 N–H and O–H groups in total. The highest BCUT2D eigenvalue weighted by atomic mass is 16.7. The molecule has 0 aromatic carbocycles. The number of esters is 2. The molecular weight excluding hydrogens is 1080 g/mol. The number of hydrogen-bond donors (Lipinski definition) is 0. The van der Waals surface area contributed by atoms with Crippen LogP contribution in [0.15, 0.2) is 158 Å². The summed E-state index contributed by atoms with van der Waals surface area (Å²) in [5, 5.41) is 11.8. The van der Waals surface area contributed by atoms with Crippen LogP contribution in [0.5, 0.6) is 0 Å². The van der Waals surface area contributed by atoms with Crippen LogP contribution < -0.4 is 5.11 Å². The Balaban J connectivity index is 4.14. The number of carbonyl (C=O) groups is 3. The number of aliphatic carboxylic acids is 1. The second kappa shape index (κ2) is 66.9. The van der Waals surface area contributed by atoms with Gasteiger partial charge in [0.2, 0.25) is 0 Å². The van der Waals surface area contributed by atoms with Crippen LogP contribution in [-0.4, -0.2) is 82.3 Å². The largest absolute Gasteiger partial charge is 0.545 e. The summed E-state index contributed by atoms with van der Waals surface area (Å²) in [6.45, 7) is 4.48. The summed E-state index contributed by atoms with van der Waals surface area (Å²) in [5.41, 5.74) is 0. The molecule has 9 nitrogen and oxygen atoms in total. The standard InChI is InChI=1S/C78H127NO8/c1-6-8-10-12-14-16-18-20-22-24-26-28-30-31-32-33-34-35-36-37-38-39-40-41-42-43-44-45-47-49-51-53-55-57-59-61-63-65-67-69-76(81)87-74(73-86-78(77(82)83)84-71-70-79(3,4)5)72-85-75(80)68-66-64-62-60-58-56-54-52-50-48-46-29-27-25-23-21-19-17-15-13-11-9-7-2/h8-11,14-17,20-23,26-29,31-32,34-35,37-38,48,50,54,56,74,78H,6-7,12-13,18-19,24-25,30,33,36,39-47,49,51-53,55,57-73H2,1-5H3/b10-8-,11-9-,16-14-,17-15-,22-20-,23-21-,28-26-,29-27-,32-31-,35-34-,38-37-,50-48-,56-54-. The highest BCUT2D eigenvalue weighted by Gasteiger charge is 2.22. The minimum atomic E-state index is -1.64. The van der Waals surface area contributed by atoms with Gasteiger partial charge in [-0.3, -0.25) is 9.59 Å². The number of carboxylic acid groups (broad SMARTS) is 1. The summed E-state index contributed by atoms with van der Waals surface area (Å²) >= 11 is 0. The number of allylic oxidation sites excluding steroid dienone is 26. The van der Waals surface area contributed by atoms with Crippen molar-refractivity contribution in [3.05, 3.63) is 158 Å². The Hall–Kier alpha value is -5.09. The molecule has 0 spiro atoms. The zero-order valence-corrected chi connectivity index (χ0v) is 56.1. The first-order valence-electron chi connectivity index (χ1n) is 34.6. The summed E-state index contributed by atoms with van der Waals surface area (Å²) in [6, 6.07) is 0. The molecule has 492 valence electrons. The number of unbranched alkanes of at least 4 members (excludes halogenated alkanes) is 21. The van der Waals surface area contributed by atoms with Gasteiger partial charge in [0.1, 0.15) is 13.2 Å². The third-order valence-corrected chi connectivity index (χ3v) is 14.3. The average molecular weight is 1210 g/mol. The Morgan fingerprint density at radius 1 is 0.345 bits per heavy atom. The van der Waals surface area contributed by atoms with Gasteiger partial charge >= 0.3 is 11.9 Å². The zero-order valence-electron chi connectivity index (χ0n) is 56.1. The molecule has 2 unspecified atom stereocenters. The van der Waals surface area contributed by atoms with Crippen molar-refractivity contribution in [2.75, 3.05) is 47.5 Å². The van der Waals surface area contributed by atoms with Crippen molar-refractivity contribution in [3.63, 3.8) is 0 Å². The van der Waals surface area contributed by atoms with E-state index in [-0.39, 0.29) is 38.6 Å². The molecule has 0 aliphatic heterocycles. The molecule has 0 aliphatic carbocycles. The molecule has 0 fully saturated rings. The van der Waals surface area contributed by atoms with Crippen LogP contribution in [0.3, 0.4) is 0 Å². The third-order valence-electron chi connectivity index (χ3n) is 14.3. The number of carbonyl (C=O) groups excluding carboxylic acids is 3. The van der Waals surface area contributed by atoms with Gasteiger partial charge in [-0.1, -0.05) is 281 Å². The van der Waals surface area contributed by atoms with Gasteiger partial charge in [0, 0.05) is 12.8 Å². The van der Waals surface area contributed by atoms with Crippen LogP contribution in [0.1, 0.15) is 258 Å². The lowest BCUT2D eigenvalue weighted by molar-refractivity contribution is -0.870. The van der Waals surface area contributed by atoms with E-state index in [1.54, 1.807) is 0 Å². The van der Waals surface area contributed by atoms with Crippen molar-refractivity contribution in [3.8, 4) is 0 Å². The molecule has 9 heteroatoms. The first kappa shape index (κ1) is 81.9. The van der Waals surface area contributed by atoms with E-state index in [4.69, 9.17) is 18.9 Å². The van der Waals surface area contributed by atoms with Gasteiger partial charge in [-0.15, -0.1) is 0 Å². The quantitative estimate of drug-likeness (QED) is 0.0195. The predicted molar refractivity (Wildman–Crippen MR) is 370 cm³/mol. The molecule has 0 radical (unpaired) electrons. The molecular formula is C78H127NO8. The molecule has 0 saturated heterocycles. The Morgan fingerprint density at radius 3 is 0.920 bits per heavy atom. The lowest BCUT2D eigenvalue weighted by atomic mass is 10.0. The molecule has 0 bridgehead atoms. The molecule has 0 saturated carbocycles. The van der Waals surface area contributed by atoms with E-state index in [1.807, 2.05) is 21.1 Å². The monoisotopic (exact) mass is 1210 g/mol. The minimum absolute atomic E-state index is 0.136. The first-order chi connectivity index (χ1) is 42.6. The van der Waals surface area contributed by atoms with Gasteiger partial charge in [0.15, 0.2) is 12.4 Å². The Kier molecular flexibility index (Phi) is 62.9. The molecule has 0 rings (SSSR count). The van der Waals surface area contributed by atoms with Crippen LogP contribution in [0.4, 0.5) is 0 Å². The summed E-state index contributed by atoms with van der Waals surface area (Å²) < 4.78 is 22.7. The zero-order chi connectivity index (χ0) is 63.3. The van der Waals surface area contributed by atoms with Crippen molar-refractivity contribution in [1.82, 2.24) is 0 Å². The summed E-state index contributed by atoms with van der Waals surface area (Å²) in [4.78, 5) is 37.5. The fraction of sp³-hybridized carbons (Fsp3) is 0.628. The maximum atomic E-state index is 12.9. The van der Waals surface area contributed by atoms with Gasteiger partial charge in [0.25, 0.3) is 0 Å². The number of nitrogens with zero attached hydrogens (tertiary/aromatic N) is 1. The average Bonchev–Trinajstić information content (AvgIpc) is 3.55. The topological polar surface area (TPSA) is 111 Å². The molecule has 2 atom stereocenters. The fourth-order valence-corrected chi connectivity index (χ4v) is 9.05. The second-order valence-electron chi connectivity index (χ2n) is 23.7. The van der Waals surface area contributed by atoms with E-state index < -0.39 is 24.3 Å². The van der Waals surface area contributed by atoms with E-state index in [9.17, 15) is 19.5 Å². The smallest absolute Gasteiger partial charge is 0.306 e. The van der Waals surface area contributed by atoms with Crippen molar-refractivity contribution in [2.45, 2.75) is 270 Å². The maximum Gasteiger partial charge on any atom is 0.306 e. The maximum absolute atomic E-state index is 12.9. The van der Waals surface area contributed by atoms with Crippen molar-refractivity contribution in [1.29, 1.82) is 0 Å². The lowest BCUT2D eigenvalue weighted by Gasteiger charge is -2.26. The minimum Gasteiger partial charge on any atom is -0.545 e. The van der Waals surface area contributed by atoms with E-state index in [2.05, 4.69) is 172 Å². The van der Waals surface area contributed by atoms with Crippen LogP contribution in [0.2, 0.25) is 0 Å². The Morgan fingerprint density at radius 2 is 0.621 bits per heavy atom. The van der Waals surface area contributed by atoms with Gasteiger partial charge < -0.3 is 33.3 Å². The number of hydrogen-bond acceptors (Lipinski definition) is 8. The van der Waals surface area contributed by atoms with Crippen LogP contribution in [0.25, 0.3) is 0 Å². The lowest BCUT2D eigenvalue weighted by Crippen LogP contribution is -2.44. The molecule has 0 amide bonds. The highest BCUT2D eigenvalue weighted by molar-refractivity contribution is 5.70. The number of ether oxygens (including phenoxy) is 4.